The number of nitrogens with zero attached hydrogens (tertiary/aromatic N) is 2. The first kappa shape index (κ1) is 29.0. The number of carbonyl (C=O) groups is 1. The van der Waals surface area contributed by atoms with Gasteiger partial charge in [0.15, 0.2) is 5.78 Å². The monoisotopic (exact) mass is 583 g/mol. The number of benzene rings is 2. The molecule has 0 saturated carbocycles. The van der Waals surface area contributed by atoms with Gasteiger partial charge in [0.25, 0.3) is 0 Å². The smallest absolute Gasteiger partial charge is 0.184 e. The molecule has 0 bridgehead atoms. The minimum Gasteiger partial charge on any atom is -0.507 e. The molecule has 2 N–H and O–H groups in total. The number of allylic oxidation sites excluding steroid dienone is 3. The lowest BCUT2D eigenvalue weighted by atomic mass is 10.1. The SMILES string of the molecule is COC[C@H](CN1CCOCC1)Nc1ccc2c(c1)Sc1cccc(/C(O)=C/C(=O)/C=C(\C)N3CCOCC3)c1S2. The van der Waals surface area contributed by atoms with Gasteiger partial charge in [0.2, 0.25) is 0 Å². The number of carbonyl (C=O) groups excluding carboxylic acids is 1. The second-order valence-corrected chi connectivity index (χ2v) is 12.2. The topological polar surface area (TPSA) is 83.5 Å². The van der Waals surface area contributed by atoms with Crippen LogP contribution in [-0.2, 0) is 19.0 Å². The highest BCUT2D eigenvalue weighted by atomic mass is 32.2. The van der Waals surface area contributed by atoms with Crippen molar-refractivity contribution in [1.82, 2.24) is 9.80 Å². The van der Waals surface area contributed by atoms with Gasteiger partial charge in [-0.05, 0) is 31.2 Å². The predicted octanol–water partition coefficient (Wildman–Crippen LogP) is 4.77. The fourth-order valence-corrected chi connectivity index (χ4v) is 7.44. The van der Waals surface area contributed by atoms with Crippen LogP contribution in [0.15, 0.2) is 73.8 Å². The molecule has 0 radical (unpaired) electrons. The summed E-state index contributed by atoms with van der Waals surface area (Å²) in [5, 5.41) is 14.6. The van der Waals surface area contributed by atoms with E-state index in [0.717, 1.165) is 76.9 Å². The number of ketones is 1. The van der Waals surface area contributed by atoms with Gasteiger partial charge in [0, 0.05) is 88.5 Å². The molecule has 1 atom stereocenters. The maximum absolute atomic E-state index is 12.7. The summed E-state index contributed by atoms with van der Waals surface area (Å²) in [6.07, 6.45) is 2.90. The first-order valence-corrected chi connectivity index (χ1v) is 15.3. The molecule has 3 heterocycles. The third kappa shape index (κ3) is 7.43. The van der Waals surface area contributed by atoms with Crippen LogP contribution in [0.3, 0.4) is 0 Å². The summed E-state index contributed by atoms with van der Waals surface area (Å²) in [6.45, 7) is 9.72. The van der Waals surface area contributed by atoms with Crippen molar-refractivity contribution in [1.29, 1.82) is 0 Å². The van der Waals surface area contributed by atoms with Crippen LogP contribution < -0.4 is 5.32 Å². The van der Waals surface area contributed by atoms with Crippen molar-refractivity contribution < 1.29 is 24.1 Å². The van der Waals surface area contributed by atoms with Gasteiger partial charge in [0.05, 0.1) is 39.1 Å². The van der Waals surface area contributed by atoms with Crippen LogP contribution in [0.25, 0.3) is 5.76 Å². The molecule has 2 aromatic carbocycles. The molecule has 8 nitrogen and oxygen atoms in total. The summed E-state index contributed by atoms with van der Waals surface area (Å²) in [5.74, 6) is -0.250. The minimum atomic E-state index is -0.230. The third-order valence-electron chi connectivity index (χ3n) is 7.09. The van der Waals surface area contributed by atoms with Crippen LogP contribution in [0, 0.1) is 0 Å². The van der Waals surface area contributed by atoms with Gasteiger partial charge < -0.3 is 29.5 Å². The Hall–Kier alpha value is -2.47. The van der Waals surface area contributed by atoms with E-state index in [-0.39, 0.29) is 17.6 Å². The second-order valence-electron chi connectivity index (χ2n) is 10.0. The van der Waals surface area contributed by atoms with Gasteiger partial charge in [0.1, 0.15) is 5.76 Å². The molecule has 2 fully saturated rings. The van der Waals surface area contributed by atoms with Crippen molar-refractivity contribution in [2.45, 2.75) is 32.5 Å². The van der Waals surface area contributed by atoms with E-state index in [0.29, 0.717) is 25.4 Å². The minimum absolute atomic E-state index is 0.0202. The van der Waals surface area contributed by atoms with Crippen LogP contribution in [0.1, 0.15) is 12.5 Å². The van der Waals surface area contributed by atoms with Gasteiger partial charge in [-0.15, -0.1) is 0 Å². The van der Waals surface area contributed by atoms with E-state index < -0.39 is 0 Å². The average molecular weight is 584 g/mol. The number of methoxy groups -OCH3 is 1. The van der Waals surface area contributed by atoms with Crippen molar-refractivity contribution in [3.8, 4) is 0 Å². The first-order chi connectivity index (χ1) is 19.5. The molecule has 10 heteroatoms. The van der Waals surface area contributed by atoms with Crippen LogP contribution in [0.5, 0.6) is 0 Å². The summed E-state index contributed by atoms with van der Waals surface area (Å²) < 4.78 is 16.4. The van der Waals surface area contributed by atoms with Crippen LogP contribution >= 0.6 is 23.5 Å². The summed E-state index contributed by atoms with van der Waals surface area (Å²) in [4.78, 5) is 21.6. The molecule has 0 unspecified atom stereocenters. The predicted molar refractivity (Wildman–Crippen MR) is 159 cm³/mol. The number of ether oxygens (including phenoxy) is 3. The molecule has 3 aliphatic rings. The quantitative estimate of drug-likeness (QED) is 0.257. The summed E-state index contributed by atoms with van der Waals surface area (Å²) in [7, 11) is 1.74. The van der Waals surface area contributed by atoms with Gasteiger partial charge >= 0.3 is 0 Å². The first-order valence-electron chi connectivity index (χ1n) is 13.6. The number of aliphatic hydroxyl groups is 1. The average Bonchev–Trinajstić information content (AvgIpc) is 2.96. The molecule has 0 aromatic heterocycles. The number of anilines is 1. The maximum Gasteiger partial charge on any atom is 0.184 e. The number of morpholine rings is 2. The standard InChI is InChI=1S/C30H37N3O5S2/c1-21(33-10-14-38-15-11-33)16-24(34)18-26(35)25-4-3-5-28-30(25)40-27-7-6-22(17-29(27)39-28)31-23(20-36-2)19-32-8-12-37-13-9-32/h3-7,16-18,23,31,35H,8-15,19-20H2,1-2H3/b21-16+,26-18-/t23-/m0/s1. The highest BCUT2D eigenvalue weighted by Gasteiger charge is 2.23. The Bertz CT molecular complexity index is 1260. The van der Waals surface area contributed by atoms with Crippen LogP contribution in [-0.4, -0.2) is 99.6 Å². The number of nitrogens with one attached hydrogen (secondary N) is 1. The zero-order chi connectivity index (χ0) is 27.9. The number of hydrogen-bond donors (Lipinski definition) is 2. The highest BCUT2D eigenvalue weighted by molar-refractivity contribution is 8.05. The highest BCUT2D eigenvalue weighted by Crippen LogP contribution is 2.51. The Kier molecular flexibility index (Phi) is 10.1. The number of rotatable bonds is 10. The molecular formula is C30H37N3O5S2. The molecule has 5 rings (SSSR count). The summed E-state index contributed by atoms with van der Waals surface area (Å²) >= 11 is 3.30. The van der Waals surface area contributed by atoms with E-state index >= 15 is 0 Å². The molecule has 0 amide bonds. The van der Waals surface area contributed by atoms with Gasteiger partial charge in [-0.25, -0.2) is 0 Å². The van der Waals surface area contributed by atoms with Crippen molar-refractivity contribution in [3.63, 3.8) is 0 Å². The van der Waals surface area contributed by atoms with Crippen molar-refractivity contribution in [2.24, 2.45) is 0 Å². The molecule has 2 aromatic rings. The van der Waals surface area contributed by atoms with Gasteiger partial charge in [-0.1, -0.05) is 35.7 Å². The Morgan fingerprint density at radius 2 is 1.77 bits per heavy atom. The zero-order valence-electron chi connectivity index (χ0n) is 23.1. The van der Waals surface area contributed by atoms with E-state index in [9.17, 15) is 9.90 Å². The summed E-state index contributed by atoms with van der Waals surface area (Å²) in [6, 6.07) is 12.4. The fourth-order valence-electron chi connectivity index (χ4n) is 5.03. The number of fused-ring (bicyclic) bond motifs is 2. The third-order valence-corrected chi connectivity index (χ3v) is 9.69. The normalized spacial score (nSPS) is 19.1. The molecular weight excluding hydrogens is 546 g/mol. The van der Waals surface area contributed by atoms with E-state index in [4.69, 9.17) is 14.2 Å². The lowest BCUT2D eigenvalue weighted by Gasteiger charge is -2.31. The number of aliphatic hydroxyl groups excluding tert-OH is 1. The van der Waals surface area contributed by atoms with Crippen molar-refractivity contribution in [3.05, 3.63) is 59.8 Å². The van der Waals surface area contributed by atoms with Crippen molar-refractivity contribution in [2.75, 3.05) is 78.2 Å². The molecule has 214 valence electrons. The Morgan fingerprint density at radius 3 is 2.52 bits per heavy atom. The lowest BCUT2D eigenvalue weighted by molar-refractivity contribution is -0.110. The maximum atomic E-state index is 12.7. The van der Waals surface area contributed by atoms with Gasteiger partial charge in [-0.2, -0.15) is 0 Å². The second kappa shape index (κ2) is 13.9. The summed E-state index contributed by atoms with van der Waals surface area (Å²) in [5.41, 5.74) is 2.60. The van der Waals surface area contributed by atoms with E-state index in [1.165, 1.54) is 6.08 Å². The molecule has 0 aliphatic carbocycles. The van der Waals surface area contributed by atoms with E-state index in [1.54, 1.807) is 36.7 Å². The molecule has 2 saturated heterocycles. The number of hydrogen-bond acceptors (Lipinski definition) is 10. The Labute approximate surface area is 244 Å². The van der Waals surface area contributed by atoms with E-state index in [1.807, 2.05) is 19.1 Å². The Balaban J connectivity index is 1.28. The van der Waals surface area contributed by atoms with E-state index in [2.05, 4.69) is 39.4 Å². The fraction of sp³-hybridized carbons (Fsp3) is 0.433. The van der Waals surface area contributed by atoms with Crippen molar-refractivity contribution >= 4 is 40.8 Å². The zero-order valence-corrected chi connectivity index (χ0v) is 24.7. The van der Waals surface area contributed by atoms with Gasteiger partial charge in [-0.3, -0.25) is 9.69 Å². The molecule has 3 aliphatic heterocycles. The Morgan fingerprint density at radius 1 is 1.02 bits per heavy atom. The molecule has 0 spiro atoms. The van der Waals surface area contributed by atoms with Crippen LogP contribution in [0.2, 0.25) is 0 Å². The van der Waals surface area contributed by atoms with Crippen LogP contribution in [0.4, 0.5) is 5.69 Å². The largest absolute Gasteiger partial charge is 0.507 e. The molecule has 40 heavy (non-hydrogen) atoms. The lowest BCUT2D eigenvalue weighted by Crippen LogP contribution is -2.44.